The second kappa shape index (κ2) is 6.47. The van der Waals surface area contributed by atoms with Crippen molar-refractivity contribution in [1.82, 2.24) is 9.62 Å². The van der Waals surface area contributed by atoms with Gasteiger partial charge in [0.1, 0.15) is 0 Å². The van der Waals surface area contributed by atoms with Crippen molar-refractivity contribution in [1.29, 1.82) is 0 Å². The van der Waals surface area contributed by atoms with Crippen LogP contribution in [0.2, 0.25) is 0 Å². The summed E-state index contributed by atoms with van der Waals surface area (Å²) in [5.74, 6) is 0.0322. The summed E-state index contributed by atoms with van der Waals surface area (Å²) in [7, 11) is -1.68. The van der Waals surface area contributed by atoms with Gasteiger partial charge >= 0.3 is 0 Å². The quantitative estimate of drug-likeness (QED) is 0.852. The molecule has 0 radical (unpaired) electrons. The van der Waals surface area contributed by atoms with Crippen LogP contribution in [0.25, 0.3) is 0 Å². The maximum absolute atomic E-state index is 12.2. The summed E-state index contributed by atoms with van der Waals surface area (Å²) in [6, 6.07) is 9.22. The van der Waals surface area contributed by atoms with Crippen molar-refractivity contribution in [2.45, 2.75) is 11.9 Å². The van der Waals surface area contributed by atoms with Crippen molar-refractivity contribution >= 4 is 10.0 Å². The van der Waals surface area contributed by atoms with Gasteiger partial charge in [-0.2, -0.15) is 0 Å². The highest BCUT2D eigenvalue weighted by Crippen LogP contribution is 2.10. The van der Waals surface area contributed by atoms with E-state index in [9.17, 15) is 8.42 Å². The molecule has 1 aromatic rings. The highest BCUT2D eigenvalue weighted by molar-refractivity contribution is 7.88. The number of sulfonamides is 1. The van der Waals surface area contributed by atoms with Crippen LogP contribution >= 0.6 is 0 Å². The summed E-state index contributed by atoms with van der Waals surface area (Å²) in [6.45, 7) is 2.56. The SMILES string of the molecule is CN(CC1CNCCO1)S(=O)(=O)Cc1ccccc1. The average Bonchev–Trinajstić information content (AvgIpc) is 2.40. The minimum Gasteiger partial charge on any atom is -0.374 e. The number of morpholine rings is 1. The molecule has 6 heteroatoms. The van der Waals surface area contributed by atoms with E-state index < -0.39 is 10.0 Å². The molecule has 106 valence electrons. The molecular formula is C13H20N2O3S. The summed E-state index contributed by atoms with van der Waals surface area (Å²) in [5, 5.41) is 3.19. The largest absolute Gasteiger partial charge is 0.374 e. The Kier molecular flexibility index (Phi) is 4.93. The molecule has 0 aromatic heterocycles. The van der Waals surface area contributed by atoms with Gasteiger partial charge in [-0.05, 0) is 5.56 Å². The van der Waals surface area contributed by atoms with Crippen molar-refractivity contribution in [3.05, 3.63) is 35.9 Å². The predicted molar refractivity (Wildman–Crippen MR) is 74.3 cm³/mol. The Labute approximate surface area is 114 Å². The number of rotatable bonds is 5. The molecule has 19 heavy (non-hydrogen) atoms. The third-order valence-electron chi connectivity index (χ3n) is 3.13. The third-order valence-corrected chi connectivity index (χ3v) is 4.93. The molecule has 0 spiro atoms. The zero-order valence-electron chi connectivity index (χ0n) is 11.1. The molecule has 0 aliphatic carbocycles. The topological polar surface area (TPSA) is 58.6 Å². The van der Waals surface area contributed by atoms with Crippen LogP contribution in [-0.2, 0) is 20.5 Å². The number of benzene rings is 1. The second-order valence-electron chi connectivity index (χ2n) is 4.72. The van der Waals surface area contributed by atoms with E-state index in [0.29, 0.717) is 19.7 Å². The van der Waals surface area contributed by atoms with Gasteiger partial charge in [0.25, 0.3) is 0 Å². The summed E-state index contributed by atoms with van der Waals surface area (Å²) in [4.78, 5) is 0. The number of nitrogens with zero attached hydrogens (tertiary/aromatic N) is 1. The first kappa shape index (κ1) is 14.5. The van der Waals surface area contributed by atoms with Crippen molar-refractivity contribution in [3.8, 4) is 0 Å². The molecule has 1 aromatic carbocycles. The van der Waals surface area contributed by atoms with Gasteiger partial charge in [0.2, 0.25) is 10.0 Å². The fourth-order valence-electron chi connectivity index (χ4n) is 2.03. The van der Waals surface area contributed by atoms with Crippen LogP contribution < -0.4 is 5.32 Å². The number of ether oxygens (including phenoxy) is 1. The van der Waals surface area contributed by atoms with Gasteiger partial charge in [0.05, 0.1) is 18.5 Å². The molecule has 0 saturated carbocycles. The first-order valence-electron chi connectivity index (χ1n) is 6.38. The van der Waals surface area contributed by atoms with Gasteiger partial charge in [0.15, 0.2) is 0 Å². The van der Waals surface area contributed by atoms with Crippen LogP contribution in [0.5, 0.6) is 0 Å². The fourth-order valence-corrected chi connectivity index (χ4v) is 3.26. The molecule has 5 nitrogen and oxygen atoms in total. The monoisotopic (exact) mass is 284 g/mol. The Bertz CT molecular complexity index is 484. The number of likely N-dealkylation sites (N-methyl/N-ethyl adjacent to an activating group) is 1. The maximum Gasteiger partial charge on any atom is 0.218 e. The van der Waals surface area contributed by atoms with Crippen LogP contribution in [0, 0.1) is 0 Å². The molecule has 1 N–H and O–H groups in total. The lowest BCUT2D eigenvalue weighted by Gasteiger charge is -2.27. The standard InChI is InChI=1S/C13H20N2O3S/c1-15(10-13-9-14-7-8-18-13)19(16,17)11-12-5-3-2-4-6-12/h2-6,13-14H,7-11H2,1H3. The lowest BCUT2D eigenvalue weighted by atomic mass is 10.2. The summed E-state index contributed by atoms with van der Waals surface area (Å²) >= 11 is 0. The first-order valence-corrected chi connectivity index (χ1v) is 7.99. The van der Waals surface area contributed by atoms with E-state index in [1.165, 1.54) is 4.31 Å². The Morgan fingerprint density at radius 1 is 1.37 bits per heavy atom. The lowest BCUT2D eigenvalue weighted by Crippen LogP contribution is -2.45. The molecule has 1 atom stereocenters. The zero-order valence-corrected chi connectivity index (χ0v) is 11.9. The van der Waals surface area contributed by atoms with Gasteiger partial charge < -0.3 is 10.1 Å². The number of hydrogen-bond acceptors (Lipinski definition) is 4. The fraction of sp³-hybridized carbons (Fsp3) is 0.538. The molecule has 1 aliphatic heterocycles. The lowest BCUT2D eigenvalue weighted by molar-refractivity contribution is 0.0206. The van der Waals surface area contributed by atoms with Crippen LogP contribution in [-0.4, -0.2) is 52.1 Å². The Hall–Kier alpha value is -0.950. The molecule has 2 rings (SSSR count). The van der Waals surface area contributed by atoms with E-state index in [4.69, 9.17) is 4.74 Å². The van der Waals surface area contributed by atoms with E-state index in [1.807, 2.05) is 30.3 Å². The second-order valence-corrected chi connectivity index (χ2v) is 6.80. The molecule has 1 aliphatic rings. The molecule has 1 heterocycles. The predicted octanol–water partition coefficient (Wildman–Crippen LogP) is 0.437. The molecule has 0 amide bonds. The van der Waals surface area contributed by atoms with E-state index in [-0.39, 0.29) is 11.9 Å². The Morgan fingerprint density at radius 3 is 2.74 bits per heavy atom. The first-order chi connectivity index (χ1) is 9.08. The van der Waals surface area contributed by atoms with Gasteiger partial charge in [0, 0.05) is 26.7 Å². The van der Waals surface area contributed by atoms with Crippen molar-refractivity contribution in [2.75, 3.05) is 33.3 Å². The van der Waals surface area contributed by atoms with E-state index in [1.54, 1.807) is 7.05 Å². The van der Waals surface area contributed by atoms with Crippen molar-refractivity contribution < 1.29 is 13.2 Å². The van der Waals surface area contributed by atoms with Gasteiger partial charge in [-0.3, -0.25) is 0 Å². The smallest absolute Gasteiger partial charge is 0.218 e. The molecule has 1 unspecified atom stereocenters. The third kappa shape index (κ3) is 4.28. The maximum atomic E-state index is 12.2. The molecule has 1 fully saturated rings. The van der Waals surface area contributed by atoms with Gasteiger partial charge in [-0.25, -0.2) is 12.7 Å². The molecular weight excluding hydrogens is 264 g/mol. The van der Waals surface area contributed by atoms with Gasteiger partial charge in [-0.15, -0.1) is 0 Å². The molecule has 0 bridgehead atoms. The average molecular weight is 284 g/mol. The van der Waals surface area contributed by atoms with Crippen molar-refractivity contribution in [3.63, 3.8) is 0 Å². The highest BCUT2D eigenvalue weighted by Gasteiger charge is 2.23. The normalized spacial score (nSPS) is 20.6. The van der Waals surface area contributed by atoms with Crippen LogP contribution in [0.1, 0.15) is 5.56 Å². The summed E-state index contributed by atoms with van der Waals surface area (Å²) in [5.41, 5.74) is 0.803. The highest BCUT2D eigenvalue weighted by atomic mass is 32.2. The van der Waals surface area contributed by atoms with Crippen LogP contribution in [0.15, 0.2) is 30.3 Å². The Balaban J connectivity index is 1.94. The van der Waals surface area contributed by atoms with E-state index in [0.717, 1.165) is 12.1 Å². The van der Waals surface area contributed by atoms with E-state index >= 15 is 0 Å². The molecule has 1 saturated heterocycles. The number of nitrogens with one attached hydrogen (secondary N) is 1. The van der Waals surface area contributed by atoms with Crippen LogP contribution in [0.4, 0.5) is 0 Å². The van der Waals surface area contributed by atoms with Gasteiger partial charge in [-0.1, -0.05) is 30.3 Å². The minimum atomic E-state index is -3.29. The summed E-state index contributed by atoms with van der Waals surface area (Å²) < 4.78 is 31.4. The zero-order chi connectivity index (χ0) is 13.7. The summed E-state index contributed by atoms with van der Waals surface area (Å²) in [6.07, 6.45) is -0.0655. The Morgan fingerprint density at radius 2 is 2.11 bits per heavy atom. The minimum absolute atomic E-state index is 0.0322. The van der Waals surface area contributed by atoms with Crippen LogP contribution in [0.3, 0.4) is 0 Å². The van der Waals surface area contributed by atoms with Crippen molar-refractivity contribution in [2.24, 2.45) is 0 Å². The number of hydrogen-bond donors (Lipinski definition) is 1. The van der Waals surface area contributed by atoms with E-state index in [2.05, 4.69) is 5.32 Å².